The largest absolute Gasteiger partial charge is 0.465 e. The van der Waals surface area contributed by atoms with Gasteiger partial charge in [0.1, 0.15) is 0 Å². The molecule has 1 aliphatic rings. The lowest BCUT2D eigenvalue weighted by atomic mass is 10.2. The van der Waals surface area contributed by atoms with Crippen LogP contribution in [-0.4, -0.2) is 55.0 Å². The molecule has 1 aromatic carbocycles. The summed E-state index contributed by atoms with van der Waals surface area (Å²) >= 11 is 3.31. The molecule has 6 nitrogen and oxygen atoms in total. The number of amides is 1. The number of sulfonamides is 1. The topological polar surface area (TPSA) is 77.9 Å². The summed E-state index contributed by atoms with van der Waals surface area (Å²) in [6, 6.07) is 5.03. The number of hydrogen-bond donors (Lipinski definition) is 1. The number of halogens is 1. The third kappa shape index (κ3) is 3.56. The highest BCUT2D eigenvalue weighted by atomic mass is 79.9. The minimum absolute atomic E-state index is 0.185. The molecule has 0 atom stereocenters. The van der Waals surface area contributed by atoms with Crippen molar-refractivity contribution in [2.24, 2.45) is 0 Å². The average molecular weight is 377 g/mol. The smallest absolute Gasteiger partial charge is 0.407 e. The highest BCUT2D eigenvalue weighted by Crippen LogP contribution is 2.24. The standard InChI is InChI=1S/C13H17BrN2O4S/c1-10-9-11(14)3-4-12(10)21(19,20)16-6-2-5-15(7-8-16)13(17)18/h3-4,9H,2,5-8H2,1H3,(H,17,18). The van der Waals surface area contributed by atoms with Crippen molar-refractivity contribution in [1.82, 2.24) is 9.21 Å². The molecule has 1 heterocycles. The van der Waals surface area contributed by atoms with E-state index in [0.717, 1.165) is 4.47 Å². The summed E-state index contributed by atoms with van der Waals surface area (Å²) in [7, 11) is -3.59. The first kappa shape index (κ1) is 16.3. The molecule has 1 amide bonds. The zero-order valence-electron chi connectivity index (χ0n) is 11.6. The van der Waals surface area contributed by atoms with Crippen LogP contribution in [0, 0.1) is 6.92 Å². The predicted molar refractivity (Wildman–Crippen MR) is 81.9 cm³/mol. The molecule has 1 aliphatic heterocycles. The van der Waals surface area contributed by atoms with Gasteiger partial charge in [-0.05, 0) is 37.1 Å². The summed E-state index contributed by atoms with van der Waals surface area (Å²) in [5, 5.41) is 9.00. The molecule has 8 heteroatoms. The van der Waals surface area contributed by atoms with Gasteiger partial charge in [-0.1, -0.05) is 15.9 Å². The molecular formula is C13H17BrN2O4S. The summed E-state index contributed by atoms with van der Waals surface area (Å²) in [6.07, 6.45) is -0.504. The zero-order chi connectivity index (χ0) is 15.6. The number of carboxylic acid groups (broad SMARTS) is 1. The Kier molecular flexibility index (Phi) is 4.90. The van der Waals surface area contributed by atoms with Gasteiger partial charge in [0, 0.05) is 30.7 Å². The Morgan fingerprint density at radius 2 is 1.95 bits per heavy atom. The van der Waals surface area contributed by atoms with Gasteiger partial charge in [0.15, 0.2) is 0 Å². The highest BCUT2D eigenvalue weighted by molar-refractivity contribution is 9.10. The second-order valence-electron chi connectivity index (χ2n) is 4.94. The Hall–Kier alpha value is -1.12. The molecule has 2 rings (SSSR count). The van der Waals surface area contributed by atoms with E-state index >= 15 is 0 Å². The molecule has 0 aliphatic carbocycles. The summed E-state index contributed by atoms with van der Waals surface area (Å²) in [5.74, 6) is 0. The molecule has 0 bridgehead atoms. The fourth-order valence-electron chi connectivity index (χ4n) is 2.37. The van der Waals surface area contributed by atoms with Crippen molar-refractivity contribution >= 4 is 32.0 Å². The second-order valence-corrected chi connectivity index (χ2v) is 7.76. The van der Waals surface area contributed by atoms with E-state index in [-0.39, 0.29) is 18.0 Å². The van der Waals surface area contributed by atoms with E-state index in [1.54, 1.807) is 25.1 Å². The summed E-state index contributed by atoms with van der Waals surface area (Å²) < 4.78 is 27.6. The number of carbonyl (C=O) groups is 1. The maximum absolute atomic E-state index is 12.7. The molecule has 0 aromatic heterocycles. The average Bonchev–Trinajstić information content (AvgIpc) is 2.64. The van der Waals surface area contributed by atoms with Crippen LogP contribution >= 0.6 is 15.9 Å². The van der Waals surface area contributed by atoms with E-state index in [1.165, 1.54) is 9.21 Å². The fourth-order valence-corrected chi connectivity index (χ4v) is 4.52. The predicted octanol–water partition coefficient (Wildman–Crippen LogP) is 2.13. The molecule has 0 radical (unpaired) electrons. The quantitative estimate of drug-likeness (QED) is 0.857. The van der Waals surface area contributed by atoms with E-state index in [0.29, 0.717) is 25.1 Å². The summed E-state index contributed by atoms with van der Waals surface area (Å²) in [6.45, 7) is 2.83. The molecule has 1 N–H and O–H groups in total. The van der Waals surface area contributed by atoms with Crippen LogP contribution in [-0.2, 0) is 10.0 Å². The van der Waals surface area contributed by atoms with Crippen molar-refractivity contribution in [1.29, 1.82) is 0 Å². The first-order valence-corrected chi connectivity index (χ1v) is 8.80. The van der Waals surface area contributed by atoms with Crippen molar-refractivity contribution in [3.05, 3.63) is 28.2 Å². The number of aryl methyl sites for hydroxylation is 1. The Labute approximate surface area is 132 Å². The molecule has 1 fully saturated rings. The number of benzene rings is 1. The van der Waals surface area contributed by atoms with Crippen LogP contribution in [0.4, 0.5) is 4.79 Å². The van der Waals surface area contributed by atoms with Gasteiger partial charge >= 0.3 is 6.09 Å². The van der Waals surface area contributed by atoms with Crippen LogP contribution in [0.3, 0.4) is 0 Å². The number of hydrogen-bond acceptors (Lipinski definition) is 3. The van der Waals surface area contributed by atoms with Gasteiger partial charge in [-0.15, -0.1) is 0 Å². The summed E-state index contributed by atoms with van der Waals surface area (Å²) in [4.78, 5) is 12.5. The molecule has 0 unspecified atom stereocenters. The van der Waals surface area contributed by atoms with Crippen molar-refractivity contribution in [3.8, 4) is 0 Å². The second kappa shape index (κ2) is 6.33. The monoisotopic (exact) mass is 376 g/mol. The van der Waals surface area contributed by atoms with Gasteiger partial charge in [0.25, 0.3) is 0 Å². The van der Waals surface area contributed by atoms with Crippen LogP contribution in [0.1, 0.15) is 12.0 Å². The first-order chi connectivity index (χ1) is 9.82. The van der Waals surface area contributed by atoms with E-state index in [1.807, 2.05) is 0 Å². The van der Waals surface area contributed by atoms with E-state index in [4.69, 9.17) is 5.11 Å². The van der Waals surface area contributed by atoms with Crippen LogP contribution < -0.4 is 0 Å². The molecule has 116 valence electrons. The molecule has 0 saturated carbocycles. The Balaban J connectivity index is 2.25. The van der Waals surface area contributed by atoms with Gasteiger partial charge < -0.3 is 10.0 Å². The maximum Gasteiger partial charge on any atom is 0.407 e. The van der Waals surface area contributed by atoms with Gasteiger partial charge in [-0.25, -0.2) is 13.2 Å². The van der Waals surface area contributed by atoms with Gasteiger partial charge in [0.05, 0.1) is 4.90 Å². The zero-order valence-corrected chi connectivity index (χ0v) is 14.0. The third-order valence-corrected chi connectivity index (χ3v) is 6.03. The molecular weight excluding hydrogens is 360 g/mol. The first-order valence-electron chi connectivity index (χ1n) is 6.56. The molecule has 1 saturated heterocycles. The normalized spacial score (nSPS) is 17.5. The number of nitrogens with zero attached hydrogens (tertiary/aromatic N) is 2. The number of rotatable bonds is 2. The summed E-state index contributed by atoms with van der Waals surface area (Å²) in [5.41, 5.74) is 0.670. The maximum atomic E-state index is 12.7. The lowest BCUT2D eigenvalue weighted by molar-refractivity contribution is 0.147. The fraction of sp³-hybridized carbons (Fsp3) is 0.462. The van der Waals surface area contributed by atoms with Gasteiger partial charge in [-0.3, -0.25) is 0 Å². The van der Waals surface area contributed by atoms with Gasteiger partial charge in [0.2, 0.25) is 10.0 Å². The third-order valence-electron chi connectivity index (χ3n) is 3.48. The van der Waals surface area contributed by atoms with E-state index < -0.39 is 16.1 Å². The molecule has 21 heavy (non-hydrogen) atoms. The lowest BCUT2D eigenvalue weighted by Crippen LogP contribution is -2.37. The minimum Gasteiger partial charge on any atom is -0.465 e. The minimum atomic E-state index is -3.59. The van der Waals surface area contributed by atoms with Crippen molar-refractivity contribution in [3.63, 3.8) is 0 Å². The van der Waals surface area contributed by atoms with Gasteiger partial charge in [-0.2, -0.15) is 4.31 Å². The van der Waals surface area contributed by atoms with Crippen LogP contribution in [0.15, 0.2) is 27.6 Å². The van der Waals surface area contributed by atoms with Crippen molar-refractivity contribution in [2.45, 2.75) is 18.2 Å². The molecule has 1 aromatic rings. The van der Waals surface area contributed by atoms with Crippen LogP contribution in [0.5, 0.6) is 0 Å². The van der Waals surface area contributed by atoms with Crippen LogP contribution in [0.2, 0.25) is 0 Å². The van der Waals surface area contributed by atoms with Crippen LogP contribution in [0.25, 0.3) is 0 Å². The lowest BCUT2D eigenvalue weighted by Gasteiger charge is -2.21. The Bertz CT molecular complexity index is 648. The Morgan fingerprint density at radius 3 is 2.57 bits per heavy atom. The Morgan fingerprint density at radius 1 is 1.24 bits per heavy atom. The van der Waals surface area contributed by atoms with Crippen molar-refractivity contribution < 1.29 is 18.3 Å². The SMILES string of the molecule is Cc1cc(Br)ccc1S(=O)(=O)N1CCCN(C(=O)O)CC1. The van der Waals surface area contributed by atoms with E-state index in [9.17, 15) is 13.2 Å². The molecule has 0 spiro atoms. The van der Waals surface area contributed by atoms with Crippen molar-refractivity contribution in [2.75, 3.05) is 26.2 Å². The highest BCUT2D eigenvalue weighted by Gasteiger charge is 2.29. The van der Waals surface area contributed by atoms with E-state index in [2.05, 4.69) is 15.9 Å².